The summed E-state index contributed by atoms with van der Waals surface area (Å²) in [6.07, 6.45) is 2.75. The van der Waals surface area contributed by atoms with Gasteiger partial charge in [0.25, 0.3) is 0 Å². The van der Waals surface area contributed by atoms with Crippen LogP contribution in [0.25, 0.3) is 0 Å². The molecule has 2 aliphatic heterocycles. The number of benzene rings is 1. The smallest absolute Gasteiger partial charge is 0.191 e. The van der Waals surface area contributed by atoms with Crippen LogP contribution in [0.3, 0.4) is 0 Å². The number of hydrogen-bond acceptors (Lipinski definition) is 6. The number of nitrogens with one attached hydrogen (secondary N) is 2. The van der Waals surface area contributed by atoms with Gasteiger partial charge in [0.1, 0.15) is 12.4 Å². The predicted octanol–water partition coefficient (Wildman–Crippen LogP) is 2.27. The van der Waals surface area contributed by atoms with Gasteiger partial charge in [0.05, 0.1) is 26.3 Å². The minimum absolute atomic E-state index is 0. The van der Waals surface area contributed by atoms with Gasteiger partial charge in [-0.2, -0.15) is 5.10 Å². The molecule has 0 amide bonds. The molecule has 9 nitrogen and oxygen atoms in total. The fourth-order valence-electron chi connectivity index (χ4n) is 3.72. The standard InChI is InChI=1S/C21H30N6O3.HI/c1-3-22-21(23-12-15-6-4-7-17-20(15)30-11-5-10-29-17)24-16-8-9-19-25-18(14-28-2)26-27(19)13-16;/h4,6-7,16H,3,5,8-14H2,1-2H3,(H2,22,23,24);1H. The van der Waals surface area contributed by atoms with Crippen LogP contribution in [0.4, 0.5) is 0 Å². The molecule has 10 heteroatoms. The van der Waals surface area contributed by atoms with Gasteiger partial charge in [-0.1, -0.05) is 12.1 Å². The Morgan fingerprint density at radius 1 is 1.32 bits per heavy atom. The zero-order valence-corrected chi connectivity index (χ0v) is 20.4. The molecule has 1 aromatic heterocycles. The van der Waals surface area contributed by atoms with Crippen LogP contribution in [0.1, 0.15) is 37.0 Å². The monoisotopic (exact) mass is 542 g/mol. The van der Waals surface area contributed by atoms with Gasteiger partial charge >= 0.3 is 0 Å². The summed E-state index contributed by atoms with van der Waals surface area (Å²) in [5.74, 6) is 4.16. The summed E-state index contributed by atoms with van der Waals surface area (Å²) in [5.41, 5.74) is 1.03. The molecule has 4 rings (SSSR count). The van der Waals surface area contributed by atoms with Crippen molar-refractivity contribution in [2.75, 3.05) is 26.9 Å². The number of aryl methyl sites for hydroxylation is 1. The lowest BCUT2D eigenvalue weighted by Crippen LogP contribution is -2.47. The van der Waals surface area contributed by atoms with E-state index in [-0.39, 0.29) is 30.0 Å². The first-order chi connectivity index (χ1) is 14.8. The SMILES string of the molecule is CCNC(=NCc1cccc2c1OCCCO2)NC1CCc2nc(COC)nn2C1.I. The molecule has 2 aromatic rings. The Kier molecular flexibility index (Phi) is 8.76. The van der Waals surface area contributed by atoms with Crippen LogP contribution in [0.2, 0.25) is 0 Å². The summed E-state index contributed by atoms with van der Waals surface area (Å²) < 4.78 is 18.8. The number of halogens is 1. The Bertz CT molecular complexity index is 888. The van der Waals surface area contributed by atoms with Gasteiger partial charge in [0, 0.05) is 38.1 Å². The van der Waals surface area contributed by atoms with Crippen molar-refractivity contribution in [3.63, 3.8) is 0 Å². The number of para-hydroxylation sites is 1. The van der Waals surface area contributed by atoms with Crippen LogP contribution in [0, 0.1) is 0 Å². The summed E-state index contributed by atoms with van der Waals surface area (Å²) >= 11 is 0. The van der Waals surface area contributed by atoms with Gasteiger partial charge in [-0.3, -0.25) is 0 Å². The largest absolute Gasteiger partial charge is 0.490 e. The third kappa shape index (κ3) is 6.00. The van der Waals surface area contributed by atoms with Gasteiger partial charge < -0.3 is 24.8 Å². The number of methoxy groups -OCH3 is 1. The molecule has 0 aliphatic carbocycles. The van der Waals surface area contributed by atoms with E-state index < -0.39 is 0 Å². The van der Waals surface area contributed by atoms with Gasteiger partial charge in [0.2, 0.25) is 0 Å². The van der Waals surface area contributed by atoms with Crippen molar-refractivity contribution in [3.8, 4) is 11.5 Å². The van der Waals surface area contributed by atoms with Crippen LogP contribution in [-0.4, -0.2) is 53.6 Å². The van der Waals surface area contributed by atoms with Crippen molar-refractivity contribution < 1.29 is 14.2 Å². The maximum Gasteiger partial charge on any atom is 0.191 e. The first kappa shape index (κ1) is 23.6. The van der Waals surface area contributed by atoms with Crippen molar-refractivity contribution in [2.24, 2.45) is 4.99 Å². The lowest BCUT2D eigenvalue weighted by molar-refractivity contribution is 0.177. The topological polar surface area (TPSA) is 94.8 Å². The fraction of sp³-hybridized carbons (Fsp3) is 0.571. The first-order valence-electron chi connectivity index (χ1n) is 10.6. The molecule has 0 radical (unpaired) electrons. The van der Waals surface area contributed by atoms with E-state index >= 15 is 0 Å². The number of ether oxygens (including phenoxy) is 3. The van der Waals surface area contributed by atoms with Crippen molar-refractivity contribution in [1.82, 2.24) is 25.4 Å². The summed E-state index contributed by atoms with van der Waals surface area (Å²) in [6, 6.07) is 6.22. The van der Waals surface area contributed by atoms with Gasteiger partial charge in [-0.05, 0) is 19.4 Å². The fourth-order valence-corrected chi connectivity index (χ4v) is 3.72. The molecule has 1 atom stereocenters. The average Bonchev–Trinajstić information content (AvgIpc) is 2.98. The molecule has 0 saturated heterocycles. The second kappa shape index (κ2) is 11.5. The number of hydrogen-bond donors (Lipinski definition) is 2. The van der Waals surface area contributed by atoms with Gasteiger partial charge in [0.15, 0.2) is 23.3 Å². The third-order valence-corrected chi connectivity index (χ3v) is 5.12. The highest BCUT2D eigenvalue weighted by molar-refractivity contribution is 14.0. The molecular weight excluding hydrogens is 511 g/mol. The van der Waals surface area contributed by atoms with Gasteiger partial charge in [-0.15, -0.1) is 24.0 Å². The van der Waals surface area contributed by atoms with E-state index in [2.05, 4.69) is 27.6 Å². The van der Waals surface area contributed by atoms with Crippen molar-refractivity contribution in [3.05, 3.63) is 35.4 Å². The number of nitrogens with zero attached hydrogens (tertiary/aromatic N) is 4. The van der Waals surface area contributed by atoms with Crippen LogP contribution in [0.5, 0.6) is 11.5 Å². The van der Waals surface area contributed by atoms with Crippen LogP contribution < -0.4 is 20.1 Å². The molecule has 0 saturated carbocycles. The second-order valence-corrected chi connectivity index (χ2v) is 7.43. The summed E-state index contributed by atoms with van der Waals surface area (Å²) in [6.45, 7) is 5.92. The molecule has 0 spiro atoms. The molecule has 1 unspecified atom stereocenters. The zero-order valence-electron chi connectivity index (χ0n) is 18.1. The maximum atomic E-state index is 5.92. The minimum Gasteiger partial charge on any atom is -0.490 e. The molecular formula is C21H31IN6O3. The normalized spacial score (nSPS) is 17.9. The van der Waals surface area contributed by atoms with Crippen molar-refractivity contribution in [1.29, 1.82) is 0 Å². The number of fused-ring (bicyclic) bond motifs is 2. The summed E-state index contributed by atoms with van der Waals surface area (Å²) in [4.78, 5) is 9.34. The highest BCUT2D eigenvalue weighted by atomic mass is 127. The molecule has 0 fully saturated rings. The zero-order chi connectivity index (χ0) is 20.8. The Morgan fingerprint density at radius 3 is 3.03 bits per heavy atom. The first-order valence-corrected chi connectivity index (χ1v) is 10.6. The average molecular weight is 542 g/mol. The number of aliphatic imine (C=N–C) groups is 1. The molecule has 2 aliphatic rings. The lowest BCUT2D eigenvalue weighted by atomic mass is 10.1. The Morgan fingerprint density at radius 2 is 2.19 bits per heavy atom. The Labute approximate surface area is 200 Å². The minimum atomic E-state index is 0. The van der Waals surface area contributed by atoms with E-state index in [1.807, 2.05) is 22.9 Å². The highest BCUT2D eigenvalue weighted by Crippen LogP contribution is 2.33. The van der Waals surface area contributed by atoms with E-state index in [9.17, 15) is 0 Å². The van der Waals surface area contributed by atoms with Crippen LogP contribution >= 0.6 is 24.0 Å². The van der Waals surface area contributed by atoms with E-state index in [1.165, 1.54) is 0 Å². The second-order valence-electron chi connectivity index (χ2n) is 7.43. The Balaban J connectivity index is 0.00000272. The molecule has 0 bridgehead atoms. The number of rotatable bonds is 6. The quantitative estimate of drug-likeness (QED) is 0.329. The lowest BCUT2D eigenvalue weighted by Gasteiger charge is -2.25. The molecule has 2 N–H and O–H groups in total. The van der Waals surface area contributed by atoms with E-state index in [0.717, 1.165) is 67.0 Å². The Hall–Kier alpha value is -2.08. The number of guanidine groups is 1. The molecule has 31 heavy (non-hydrogen) atoms. The number of aromatic nitrogens is 3. The molecule has 1 aromatic carbocycles. The summed E-state index contributed by atoms with van der Waals surface area (Å²) in [7, 11) is 1.66. The van der Waals surface area contributed by atoms with Crippen LogP contribution in [0.15, 0.2) is 23.2 Å². The van der Waals surface area contributed by atoms with Gasteiger partial charge in [-0.25, -0.2) is 14.7 Å². The molecule has 3 heterocycles. The van der Waals surface area contributed by atoms with E-state index in [0.29, 0.717) is 26.4 Å². The summed E-state index contributed by atoms with van der Waals surface area (Å²) in [5, 5.41) is 11.4. The third-order valence-electron chi connectivity index (χ3n) is 5.12. The van der Waals surface area contributed by atoms with E-state index in [1.54, 1.807) is 7.11 Å². The van der Waals surface area contributed by atoms with Crippen molar-refractivity contribution >= 4 is 29.9 Å². The molecule has 170 valence electrons. The van der Waals surface area contributed by atoms with Crippen LogP contribution in [-0.2, 0) is 30.9 Å². The predicted molar refractivity (Wildman–Crippen MR) is 128 cm³/mol. The highest BCUT2D eigenvalue weighted by Gasteiger charge is 2.22. The van der Waals surface area contributed by atoms with Crippen molar-refractivity contribution in [2.45, 2.75) is 51.9 Å². The van der Waals surface area contributed by atoms with E-state index in [4.69, 9.17) is 19.2 Å². The maximum absolute atomic E-state index is 5.92.